The van der Waals surface area contributed by atoms with Crippen molar-refractivity contribution in [1.82, 2.24) is 0 Å². The molecule has 0 unspecified atom stereocenters. The quantitative estimate of drug-likeness (QED) is 0.579. The molecule has 1 aliphatic heterocycles. The Balaban J connectivity index is 1.83. The number of aryl methyl sites for hydroxylation is 1. The zero-order valence-electron chi connectivity index (χ0n) is 17.8. The number of amides is 2. The lowest BCUT2D eigenvalue weighted by molar-refractivity contribution is -0.120. The van der Waals surface area contributed by atoms with Crippen molar-refractivity contribution in [1.29, 1.82) is 0 Å². The highest BCUT2D eigenvalue weighted by Gasteiger charge is 2.41. The summed E-state index contributed by atoms with van der Waals surface area (Å²) < 4.78 is 24.1. The van der Waals surface area contributed by atoms with Crippen LogP contribution in [-0.4, -0.2) is 26.0 Å². The summed E-state index contributed by atoms with van der Waals surface area (Å²) in [6.07, 6.45) is 0. The lowest BCUT2D eigenvalue weighted by Crippen LogP contribution is -2.32. The van der Waals surface area contributed by atoms with Crippen molar-refractivity contribution in [2.24, 2.45) is 0 Å². The lowest BCUT2D eigenvalue weighted by Gasteiger charge is -2.19. The number of nitrogens with one attached hydrogen (secondary N) is 1. The molecule has 1 N–H and O–H groups in total. The van der Waals surface area contributed by atoms with Crippen LogP contribution in [0.5, 0.6) is 11.5 Å². The van der Waals surface area contributed by atoms with Gasteiger partial charge in [0.2, 0.25) is 0 Å². The number of carbonyl (C=O) groups is 2. The second-order valence-electron chi connectivity index (χ2n) is 7.23. The van der Waals surface area contributed by atoms with Crippen LogP contribution in [0.2, 0.25) is 0 Å². The number of halogens is 1. The van der Waals surface area contributed by atoms with Gasteiger partial charge in [0.25, 0.3) is 11.8 Å². The van der Waals surface area contributed by atoms with E-state index >= 15 is 0 Å². The Morgan fingerprint density at radius 2 is 1.53 bits per heavy atom. The van der Waals surface area contributed by atoms with Crippen LogP contribution in [0.4, 0.5) is 15.8 Å². The molecule has 2 amide bonds. The van der Waals surface area contributed by atoms with Gasteiger partial charge in [-0.2, -0.15) is 0 Å². The summed E-state index contributed by atoms with van der Waals surface area (Å²) >= 11 is 0. The third-order valence-corrected chi connectivity index (χ3v) is 5.17. The molecule has 0 aromatic heterocycles. The minimum Gasteiger partial charge on any atom is -0.497 e. The highest BCUT2D eigenvalue weighted by Crippen LogP contribution is 2.39. The largest absolute Gasteiger partial charge is 0.497 e. The average Bonchev–Trinajstić information content (AvgIpc) is 3.04. The molecule has 0 fully saturated rings. The van der Waals surface area contributed by atoms with E-state index in [9.17, 15) is 14.0 Å². The monoisotopic (exact) mass is 432 g/mol. The Bertz CT molecular complexity index is 1220. The van der Waals surface area contributed by atoms with Crippen molar-refractivity contribution in [3.63, 3.8) is 0 Å². The molecule has 0 aliphatic carbocycles. The number of hydrogen-bond donors (Lipinski definition) is 1. The van der Waals surface area contributed by atoms with Crippen LogP contribution in [0.1, 0.15) is 11.1 Å². The fourth-order valence-electron chi connectivity index (χ4n) is 3.50. The van der Waals surface area contributed by atoms with E-state index in [0.717, 1.165) is 10.5 Å². The summed E-state index contributed by atoms with van der Waals surface area (Å²) in [5, 5.41) is 3.08. The van der Waals surface area contributed by atoms with E-state index < -0.39 is 17.6 Å². The second-order valence-corrected chi connectivity index (χ2v) is 7.23. The molecule has 0 radical (unpaired) electrons. The number of nitrogens with zero attached hydrogens (tertiary/aromatic N) is 1. The minimum absolute atomic E-state index is 0.100. The molecule has 3 aromatic carbocycles. The predicted molar refractivity (Wildman–Crippen MR) is 120 cm³/mol. The second kappa shape index (κ2) is 8.55. The topological polar surface area (TPSA) is 67.9 Å². The first-order valence-electron chi connectivity index (χ1n) is 9.87. The third-order valence-electron chi connectivity index (χ3n) is 5.17. The zero-order chi connectivity index (χ0) is 22.8. The normalized spacial score (nSPS) is 13.6. The number of anilines is 2. The Labute approximate surface area is 184 Å². The number of carbonyl (C=O) groups excluding carboxylic acids is 2. The Kier molecular flexibility index (Phi) is 5.64. The summed E-state index contributed by atoms with van der Waals surface area (Å²) in [4.78, 5) is 28.0. The number of methoxy groups -OCH3 is 2. The summed E-state index contributed by atoms with van der Waals surface area (Å²) in [5.41, 5.74) is 2.66. The molecule has 0 atom stereocenters. The lowest BCUT2D eigenvalue weighted by atomic mass is 10.0. The molecular formula is C25H21FN2O4. The van der Waals surface area contributed by atoms with Crippen LogP contribution in [0.15, 0.2) is 72.4 Å². The molecule has 0 spiro atoms. The first kappa shape index (κ1) is 21.1. The average molecular weight is 432 g/mol. The third kappa shape index (κ3) is 3.80. The van der Waals surface area contributed by atoms with Crippen molar-refractivity contribution >= 4 is 28.8 Å². The smallest absolute Gasteiger partial charge is 0.282 e. The molecule has 32 heavy (non-hydrogen) atoms. The van der Waals surface area contributed by atoms with Gasteiger partial charge in [-0.3, -0.25) is 9.59 Å². The van der Waals surface area contributed by atoms with Gasteiger partial charge >= 0.3 is 0 Å². The summed E-state index contributed by atoms with van der Waals surface area (Å²) in [6, 6.07) is 17.7. The molecule has 1 heterocycles. The SMILES string of the molecule is COc1ccc(N2C(=O)C(Nc3ccc(C)cc3)=C(c3ccc(F)cc3)C2=O)c(OC)c1. The van der Waals surface area contributed by atoms with Gasteiger partial charge in [-0.1, -0.05) is 29.8 Å². The zero-order valence-corrected chi connectivity index (χ0v) is 17.8. The molecule has 0 saturated carbocycles. The van der Waals surface area contributed by atoms with Crippen LogP contribution >= 0.6 is 0 Å². The Hall–Kier alpha value is -4.13. The molecule has 7 heteroatoms. The van der Waals surface area contributed by atoms with Crippen LogP contribution in [0.3, 0.4) is 0 Å². The van der Waals surface area contributed by atoms with Crippen LogP contribution in [0.25, 0.3) is 5.57 Å². The maximum atomic E-state index is 13.5. The van der Waals surface area contributed by atoms with Crippen molar-refractivity contribution in [2.75, 3.05) is 24.4 Å². The minimum atomic E-state index is -0.543. The van der Waals surface area contributed by atoms with Crippen molar-refractivity contribution in [3.8, 4) is 11.5 Å². The fraction of sp³-hybridized carbons (Fsp3) is 0.120. The number of ether oxygens (including phenoxy) is 2. The highest BCUT2D eigenvalue weighted by molar-refractivity contribution is 6.46. The van der Waals surface area contributed by atoms with E-state index in [1.165, 1.54) is 38.5 Å². The molecule has 162 valence electrons. The van der Waals surface area contributed by atoms with Gasteiger partial charge < -0.3 is 14.8 Å². The molecule has 4 rings (SSSR count). The van der Waals surface area contributed by atoms with Crippen molar-refractivity contribution in [3.05, 3.63) is 89.4 Å². The fourth-order valence-corrected chi connectivity index (χ4v) is 3.50. The van der Waals surface area contributed by atoms with Crippen molar-refractivity contribution in [2.45, 2.75) is 6.92 Å². The highest BCUT2D eigenvalue weighted by atomic mass is 19.1. The van der Waals surface area contributed by atoms with Gasteiger partial charge in [0.05, 0.1) is 25.5 Å². The number of rotatable bonds is 6. The van der Waals surface area contributed by atoms with E-state index in [4.69, 9.17) is 9.47 Å². The van der Waals surface area contributed by atoms with Gasteiger partial charge in [-0.15, -0.1) is 0 Å². The maximum absolute atomic E-state index is 13.5. The van der Waals surface area contributed by atoms with Crippen LogP contribution in [0, 0.1) is 12.7 Å². The maximum Gasteiger partial charge on any atom is 0.282 e. The molecule has 1 aliphatic rings. The van der Waals surface area contributed by atoms with E-state index in [-0.39, 0.29) is 17.0 Å². The molecule has 0 bridgehead atoms. The number of hydrogen-bond acceptors (Lipinski definition) is 5. The Morgan fingerprint density at radius 3 is 2.16 bits per heavy atom. The van der Waals surface area contributed by atoms with Crippen LogP contribution in [-0.2, 0) is 9.59 Å². The van der Waals surface area contributed by atoms with Gasteiger partial charge in [0.1, 0.15) is 23.0 Å². The molecular weight excluding hydrogens is 411 g/mol. The molecule has 6 nitrogen and oxygen atoms in total. The van der Waals surface area contributed by atoms with E-state index in [0.29, 0.717) is 22.7 Å². The van der Waals surface area contributed by atoms with E-state index in [2.05, 4.69) is 5.32 Å². The van der Waals surface area contributed by atoms with Crippen molar-refractivity contribution < 1.29 is 23.5 Å². The number of imide groups is 1. The van der Waals surface area contributed by atoms with Gasteiger partial charge in [-0.05, 0) is 48.9 Å². The summed E-state index contributed by atoms with van der Waals surface area (Å²) in [7, 11) is 2.96. The van der Waals surface area contributed by atoms with Gasteiger partial charge in [0.15, 0.2) is 0 Å². The standard InChI is InChI=1S/C25H21FN2O4/c1-15-4-10-18(11-5-15)27-23-22(16-6-8-17(26)9-7-16)24(29)28(25(23)30)20-13-12-19(31-2)14-21(20)32-3/h4-14,27H,1-3H3. The molecule has 3 aromatic rings. The van der Waals surface area contributed by atoms with Gasteiger partial charge in [-0.25, -0.2) is 9.29 Å². The van der Waals surface area contributed by atoms with Gasteiger partial charge in [0, 0.05) is 11.8 Å². The first-order chi connectivity index (χ1) is 15.4. The molecule has 0 saturated heterocycles. The Morgan fingerprint density at radius 1 is 0.844 bits per heavy atom. The summed E-state index contributed by atoms with van der Waals surface area (Å²) in [5.74, 6) is -0.693. The van der Waals surface area contributed by atoms with Crippen LogP contribution < -0.4 is 19.7 Å². The summed E-state index contributed by atoms with van der Waals surface area (Å²) in [6.45, 7) is 1.95. The first-order valence-corrected chi connectivity index (χ1v) is 9.87. The number of benzene rings is 3. The van der Waals surface area contributed by atoms with E-state index in [1.54, 1.807) is 18.2 Å². The predicted octanol–water partition coefficient (Wildman–Crippen LogP) is 4.55. The van der Waals surface area contributed by atoms with E-state index in [1.807, 2.05) is 31.2 Å².